The Morgan fingerprint density at radius 2 is 2.00 bits per heavy atom. The van der Waals surface area contributed by atoms with Gasteiger partial charge in [-0.1, -0.05) is 0 Å². The van der Waals surface area contributed by atoms with Gasteiger partial charge in [0.25, 0.3) is 0 Å². The standard InChI is InChI=1S/C13H17N3O/c1-14-8-12-13(16(2)9-15-12)10-4-6-11(17-3)7-5-10/h4-7,9,14H,8H2,1-3H3. The highest BCUT2D eigenvalue weighted by molar-refractivity contribution is 5.63. The minimum Gasteiger partial charge on any atom is -0.497 e. The molecule has 0 saturated carbocycles. The van der Waals surface area contributed by atoms with Gasteiger partial charge < -0.3 is 14.6 Å². The van der Waals surface area contributed by atoms with Crippen LogP contribution in [-0.4, -0.2) is 23.7 Å². The highest BCUT2D eigenvalue weighted by atomic mass is 16.5. The number of rotatable bonds is 4. The first-order chi connectivity index (χ1) is 8.26. The molecule has 2 aromatic rings. The fraction of sp³-hybridized carbons (Fsp3) is 0.308. The van der Waals surface area contributed by atoms with Crippen molar-refractivity contribution in [3.8, 4) is 17.0 Å². The van der Waals surface area contributed by atoms with Crippen molar-refractivity contribution in [2.24, 2.45) is 7.05 Å². The first-order valence-corrected chi connectivity index (χ1v) is 5.55. The molecule has 0 atom stereocenters. The predicted octanol–water partition coefficient (Wildman–Crippen LogP) is 1.82. The molecule has 0 aliphatic rings. The average molecular weight is 231 g/mol. The van der Waals surface area contributed by atoms with E-state index in [1.165, 1.54) is 0 Å². The molecule has 1 aromatic heterocycles. The minimum atomic E-state index is 0.766. The molecule has 0 bridgehead atoms. The summed E-state index contributed by atoms with van der Waals surface area (Å²) in [6.07, 6.45) is 1.84. The molecule has 0 aliphatic carbocycles. The van der Waals surface area contributed by atoms with Crippen molar-refractivity contribution in [1.82, 2.24) is 14.9 Å². The van der Waals surface area contributed by atoms with E-state index >= 15 is 0 Å². The topological polar surface area (TPSA) is 39.1 Å². The van der Waals surface area contributed by atoms with Crippen molar-refractivity contribution in [1.29, 1.82) is 0 Å². The van der Waals surface area contributed by atoms with Gasteiger partial charge in [0.05, 0.1) is 24.8 Å². The van der Waals surface area contributed by atoms with E-state index in [2.05, 4.69) is 22.4 Å². The zero-order valence-corrected chi connectivity index (χ0v) is 10.4. The number of hydrogen-bond donors (Lipinski definition) is 1. The molecular formula is C13H17N3O. The first kappa shape index (κ1) is 11.7. The Morgan fingerprint density at radius 1 is 1.29 bits per heavy atom. The normalized spacial score (nSPS) is 10.5. The number of aryl methyl sites for hydroxylation is 1. The SMILES string of the molecule is CNCc1ncn(C)c1-c1ccc(OC)cc1. The van der Waals surface area contributed by atoms with Crippen molar-refractivity contribution in [2.75, 3.05) is 14.2 Å². The Bertz CT molecular complexity index is 488. The van der Waals surface area contributed by atoms with Gasteiger partial charge in [0.1, 0.15) is 5.75 Å². The van der Waals surface area contributed by atoms with E-state index in [9.17, 15) is 0 Å². The van der Waals surface area contributed by atoms with Crippen molar-refractivity contribution >= 4 is 0 Å². The second kappa shape index (κ2) is 5.01. The van der Waals surface area contributed by atoms with Crippen LogP contribution in [0, 0.1) is 0 Å². The molecule has 0 aliphatic heterocycles. The largest absolute Gasteiger partial charge is 0.497 e. The van der Waals surface area contributed by atoms with E-state index < -0.39 is 0 Å². The van der Waals surface area contributed by atoms with Crippen LogP contribution in [0.15, 0.2) is 30.6 Å². The van der Waals surface area contributed by atoms with E-state index in [4.69, 9.17) is 4.74 Å². The lowest BCUT2D eigenvalue weighted by Crippen LogP contribution is -2.07. The molecule has 1 heterocycles. The Kier molecular flexibility index (Phi) is 3.44. The van der Waals surface area contributed by atoms with Crippen molar-refractivity contribution < 1.29 is 4.74 Å². The quantitative estimate of drug-likeness (QED) is 0.872. The van der Waals surface area contributed by atoms with Crippen LogP contribution in [0.3, 0.4) is 0 Å². The first-order valence-electron chi connectivity index (χ1n) is 5.55. The third-order valence-electron chi connectivity index (χ3n) is 2.72. The van der Waals surface area contributed by atoms with E-state index in [1.807, 2.05) is 37.1 Å². The Labute approximate surface area is 101 Å². The van der Waals surface area contributed by atoms with Gasteiger partial charge in [0, 0.05) is 19.2 Å². The maximum Gasteiger partial charge on any atom is 0.118 e. The van der Waals surface area contributed by atoms with Crippen molar-refractivity contribution in [2.45, 2.75) is 6.54 Å². The molecule has 17 heavy (non-hydrogen) atoms. The summed E-state index contributed by atoms with van der Waals surface area (Å²) in [5, 5.41) is 3.13. The summed E-state index contributed by atoms with van der Waals surface area (Å²) in [5.74, 6) is 0.867. The van der Waals surface area contributed by atoms with E-state index in [-0.39, 0.29) is 0 Å². The van der Waals surface area contributed by atoms with Gasteiger partial charge >= 0.3 is 0 Å². The van der Waals surface area contributed by atoms with Crippen molar-refractivity contribution in [3.63, 3.8) is 0 Å². The fourth-order valence-electron chi connectivity index (χ4n) is 1.89. The third kappa shape index (κ3) is 2.31. The zero-order chi connectivity index (χ0) is 12.3. The van der Waals surface area contributed by atoms with Gasteiger partial charge in [-0.25, -0.2) is 4.98 Å². The molecule has 0 unspecified atom stereocenters. The number of methoxy groups -OCH3 is 1. The molecule has 0 fully saturated rings. The van der Waals surface area contributed by atoms with Gasteiger partial charge in [0.2, 0.25) is 0 Å². The monoisotopic (exact) mass is 231 g/mol. The second-order valence-electron chi connectivity index (χ2n) is 3.91. The molecular weight excluding hydrogens is 214 g/mol. The predicted molar refractivity (Wildman–Crippen MR) is 68.0 cm³/mol. The van der Waals surface area contributed by atoms with Gasteiger partial charge in [-0.2, -0.15) is 0 Å². The highest BCUT2D eigenvalue weighted by Gasteiger charge is 2.10. The van der Waals surface area contributed by atoms with Crippen LogP contribution in [0.4, 0.5) is 0 Å². The molecule has 2 rings (SSSR count). The highest BCUT2D eigenvalue weighted by Crippen LogP contribution is 2.24. The number of hydrogen-bond acceptors (Lipinski definition) is 3. The number of benzene rings is 1. The molecule has 1 N–H and O–H groups in total. The smallest absolute Gasteiger partial charge is 0.118 e. The number of aromatic nitrogens is 2. The third-order valence-corrected chi connectivity index (χ3v) is 2.72. The lowest BCUT2D eigenvalue weighted by molar-refractivity contribution is 0.415. The molecule has 4 heteroatoms. The Morgan fingerprint density at radius 3 is 2.59 bits per heavy atom. The maximum atomic E-state index is 5.16. The van der Waals surface area contributed by atoms with E-state index in [1.54, 1.807) is 7.11 Å². The van der Waals surface area contributed by atoms with Crippen molar-refractivity contribution in [3.05, 3.63) is 36.3 Å². The lowest BCUT2D eigenvalue weighted by atomic mass is 10.1. The summed E-state index contributed by atoms with van der Waals surface area (Å²) in [4.78, 5) is 4.39. The number of imidazole rings is 1. The Hall–Kier alpha value is -1.81. The molecule has 0 spiro atoms. The summed E-state index contributed by atoms with van der Waals surface area (Å²) in [6.45, 7) is 0.766. The minimum absolute atomic E-state index is 0.766. The van der Waals surface area contributed by atoms with Gasteiger partial charge in [-0.3, -0.25) is 0 Å². The maximum absolute atomic E-state index is 5.16. The fourth-order valence-corrected chi connectivity index (χ4v) is 1.89. The average Bonchev–Trinajstić information content (AvgIpc) is 2.71. The zero-order valence-electron chi connectivity index (χ0n) is 10.4. The van der Waals surface area contributed by atoms with Crippen LogP contribution in [0.2, 0.25) is 0 Å². The van der Waals surface area contributed by atoms with Crippen LogP contribution in [0.5, 0.6) is 5.75 Å². The summed E-state index contributed by atoms with van der Waals surface area (Å²) in [7, 11) is 5.60. The summed E-state index contributed by atoms with van der Waals surface area (Å²) in [6, 6.07) is 8.03. The van der Waals surface area contributed by atoms with Crippen LogP contribution in [0.25, 0.3) is 11.3 Å². The summed E-state index contributed by atoms with van der Waals surface area (Å²) in [5.41, 5.74) is 3.35. The molecule has 0 radical (unpaired) electrons. The molecule has 0 amide bonds. The molecule has 90 valence electrons. The van der Waals surface area contributed by atoms with E-state index in [0.717, 1.165) is 29.2 Å². The Balaban J connectivity index is 2.40. The van der Waals surface area contributed by atoms with Gasteiger partial charge in [-0.05, 0) is 31.3 Å². The van der Waals surface area contributed by atoms with Crippen LogP contribution >= 0.6 is 0 Å². The van der Waals surface area contributed by atoms with Crippen LogP contribution < -0.4 is 10.1 Å². The van der Waals surface area contributed by atoms with E-state index in [0.29, 0.717) is 0 Å². The van der Waals surface area contributed by atoms with Crippen LogP contribution in [-0.2, 0) is 13.6 Å². The number of ether oxygens (including phenoxy) is 1. The summed E-state index contributed by atoms with van der Waals surface area (Å²) >= 11 is 0. The van der Waals surface area contributed by atoms with Gasteiger partial charge in [-0.15, -0.1) is 0 Å². The summed E-state index contributed by atoms with van der Waals surface area (Å²) < 4.78 is 7.20. The molecule has 4 nitrogen and oxygen atoms in total. The molecule has 1 aromatic carbocycles. The lowest BCUT2D eigenvalue weighted by Gasteiger charge is -2.07. The van der Waals surface area contributed by atoms with Gasteiger partial charge in [0.15, 0.2) is 0 Å². The number of nitrogens with one attached hydrogen (secondary N) is 1. The second-order valence-corrected chi connectivity index (χ2v) is 3.91. The number of nitrogens with zero attached hydrogens (tertiary/aromatic N) is 2. The molecule has 0 saturated heterocycles. The van der Waals surface area contributed by atoms with Crippen LogP contribution in [0.1, 0.15) is 5.69 Å².